The molecule has 0 fully saturated rings. The van der Waals surface area contributed by atoms with Crippen molar-refractivity contribution >= 4 is 16.8 Å². The summed E-state index contributed by atoms with van der Waals surface area (Å²) in [6.45, 7) is 0.120. The van der Waals surface area contributed by atoms with Crippen LogP contribution in [-0.2, 0) is 11.3 Å². The summed E-state index contributed by atoms with van der Waals surface area (Å²) >= 11 is 0. The van der Waals surface area contributed by atoms with Crippen LogP contribution < -0.4 is 5.73 Å². The lowest BCUT2D eigenvalue weighted by atomic mass is 10.2. The molecule has 0 unspecified atom stereocenters. The van der Waals surface area contributed by atoms with Gasteiger partial charge in [0, 0.05) is 17.1 Å². The third kappa shape index (κ3) is 1.46. The maximum absolute atomic E-state index is 12.8. The summed E-state index contributed by atoms with van der Waals surface area (Å²) in [4.78, 5) is 10.7. The third-order valence-corrected chi connectivity index (χ3v) is 2.06. The molecular weight excluding hydrogens is 183 g/mol. The van der Waals surface area contributed by atoms with Crippen LogP contribution in [0.15, 0.2) is 30.5 Å². The van der Waals surface area contributed by atoms with Gasteiger partial charge in [0.25, 0.3) is 0 Å². The zero-order valence-corrected chi connectivity index (χ0v) is 7.40. The number of aromatic nitrogens is 1. The van der Waals surface area contributed by atoms with Gasteiger partial charge < -0.3 is 10.3 Å². The molecular formula is C10H9FN2O. The van der Waals surface area contributed by atoms with Crippen LogP contribution >= 0.6 is 0 Å². The Kier molecular flexibility index (Phi) is 1.96. The SMILES string of the molecule is NC(=O)Cn1ccc2cc(F)ccc21. The summed E-state index contributed by atoms with van der Waals surface area (Å²) < 4.78 is 14.5. The van der Waals surface area contributed by atoms with Crippen molar-refractivity contribution in [2.75, 3.05) is 0 Å². The van der Waals surface area contributed by atoms with Gasteiger partial charge in [0.15, 0.2) is 0 Å². The molecule has 14 heavy (non-hydrogen) atoms. The molecule has 0 bridgehead atoms. The lowest BCUT2D eigenvalue weighted by Crippen LogP contribution is -2.17. The van der Waals surface area contributed by atoms with E-state index in [1.165, 1.54) is 12.1 Å². The van der Waals surface area contributed by atoms with Crippen LogP contribution in [-0.4, -0.2) is 10.5 Å². The topological polar surface area (TPSA) is 48.0 Å². The van der Waals surface area contributed by atoms with Gasteiger partial charge in [0.05, 0.1) is 0 Å². The van der Waals surface area contributed by atoms with Crippen molar-refractivity contribution in [3.05, 3.63) is 36.3 Å². The zero-order valence-electron chi connectivity index (χ0n) is 7.40. The molecule has 3 nitrogen and oxygen atoms in total. The monoisotopic (exact) mass is 192 g/mol. The van der Waals surface area contributed by atoms with Crippen molar-refractivity contribution < 1.29 is 9.18 Å². The largest absolute Gasteiger partial charge is 0.368 e. The molecule has 0 aliphatic carbocycles. The highest BCUT2D eigenvalue weighted by atomic mass is 19.1. The number of nitrogens with zero attached hydrogens (tertiary/aromatic N) is 1. The van der Waals surface area contributed by atoms with Gasteiger partial charge in [-0.2, -0.15) is 0 Å². The lowest BCUT2D eigenvalue weighted by molar-refractivity contribution is -0.118. The maximum Gasteiger partial charge on any atom is 0.237 e. The Hall–Kier alpha value is -1.84. The Balaban J connectivity index is 2.52. The molecule has 2 N–H and O–H groups in total. The molecule has 0 spiro atoms. The predicted octanol–water partition coefficient (Wildman–Crippen LogP) is 1.27. The molecule has 0 atom stereocenters. The van der Waals surface area contributed by atoms with Crippen LogP contribution in [0.4, 0.5) is 4.39 Å². The minimum atomic E-state index is -0.410. The molecule has 0 aliphatic rings. The van der Waals surface area contributed by atoms with E-state index in [2.05, 4.69) is 0 Å². The van der Waals surface area contributed by atoms with Crippen LogP contribution in [0.25, 0.3) is 10.9 Å². The van der Waals surface area contributed by atoms with E-state index in [1.54, 1.807) is 22.9 Å². The predicted molar refractivity (Wildman–Crippen MR) is 51.1 cm³/mol. The van der Waals surface area contributed by atoms with E-state index < -0.39 is 5.91 Å². The van der Waals surface area contributed by atoms with Crippen LogP contribution in [0.3, 0.4) is 0 Å². The highest BCUT2D eigenvalue weighted by Crippen LogP contribution is 2.16. The van der Waals surface area contributed by atoms with Crippen molar-refractivity contribution in [2.45, 2.75) is 6.54 Å². The van der Waals surface area contributed by atoms with Gasteiger partial charge in [-0.25, -0.2) is 4.39 Å². The molecule has 2 rings (SSSR count). The zero-order chi connectivity index (χ0) is 10.1. The maximum atomic E-state index is 12.8. The Bertz CT molecular complexity index is 490. The lowest BCUT2D eigenvalue weighted by Gasteiger charge is -2.00. The fourth-order valence-electron chi connectivity index (χ4n) is 1.48. The number of halogens is 1. The van der Waals surface area contributed by atoms with E-state index in [-0.39, 0.29) is 12.4 Å². The number of fused-ring (bicyclic) bond motifs is 1. The quantitative estimate of drug-likeness (QED) is 0.765. The van der Waals surface area contributed by atoms with Crippen molar-refractivity contribution in [3.63, 3.8) is 0 Å². The standard InChI is InChI=1S/C10H9FN2O/c11-8-1-2-9-7(5-8)3-4-13(9)6-10(12)14/h1-5H,6H2,(H2,12,14). The summed E-state index contributed by atoms with van der Waals surface area (Å²) in [5, 5.41) is 0.770. The van der Waals surface area contributed by atoms with Crippen LogP contribution in [0, 0.1) is 5.82 Å². The fourth-order valence-corrected chi connectivity index (χ4v) is 1.48. The van der Waals surface area contributed by atoms with Gasteiger partial charge in [-0.15, -0.1) is 0 Å². The number of hydrogen-bond donors (Lipinski definition) is 1. The van der Waals surface area contributed by atoms with Crippen molar-refractivity contribution in [3.8, 4) is 0 Å². The second-order valence-electron chi connectivity index (χ2n) is 3.11. The first-order chi connectivity index (χ1) is 6.66. The van der Waals surface area contributed by atoms with Crippen LogP contribution in [0.1, 0.15) is 0 Å². The molecule has 2 aromatic rings. The van der Waals surface area contributed by atoms with Gasteiger partial charge in [0.1, 0.15) is 12.4 Å². The Labute approximate surface area is 79.9 Å². The Morgan fingerprint density at radius 2 is 2.21 bits per heavy atom. The van der Waals surface area contributed by atoms with E-state index in [0.29, 0.717) is 0 Å². The van der Waals surface area contributed by atoms with Gasteiger partial charge >= 0.3 is 0 Å². The highest BCUT2D eigenvalue weighted by molar-refractivity contribution is 5.82. The van der Waals surface area contributed by atoms with Gasteiger partial charge in [0.2, 0.25) is 5.91 Å². The molecule has 1 heterocycles. The molecule has 0 radical (unpaired) electrons. The number of rotatable bonds is 2. The Morgan fingerprint density at radius 3 is 2.93 bits per heavy atom. The van der Waals surface area contributed by atoms with Crippen molar-refractivity contribution in [1.29, 1.82) is 0 Å². The summed E-state index contributed by atoms with van der Waals surface area (Å²) in [7, 11) is 0. The van der Waals surface area contributed by atoms with Crippen LogP contribution in [0.2, 0.25) is 0 Å². The van der Waals surface area contributed by atoms with Gasteiger partial charge in [-0.05, 0) is 24.3 Å². The number of benzene rings is 1. The summed E-state index contributed by atoms with van der Waals surface area (Å²) in [5.74, 6) is -0.693. The molecule has 4 heteroatoms. The number of amides is 1. The fraction of sp³-hybridized carbons (Fsp3) is 0.100. The summed E-state index contributed by atoms with van der Waals surface area (Å²) in [6, 6.07) is 6.17. The molecule has 0 saturated heterocycles. The molecule has 1 aromatic carbocycles. The van der Waals surface area contributed by atoms with Crippen molar-refractivity contribution in [1.82, 2.24) is 4.57 Å². The minimum Gasteiger partial charge on any atom is -0.368 e. The van der Waals surface area contributed by atoms with Crippen molar-refractivity contribution in [2.24, 2.45) is 5.73 Å². The number of carbonyl (C=O) groups is 1. The molecule has 1 aromatic heterocycles. The van der Waals surface area contributed by atoms with Crippen LogP contribution in [0.5, 0.6) is 0 Å². The van der Waals surface area contributed by atoms with E-state index in [9.17, 15) is 9.18 Å². The van der Waals surface area contributed by atoms with E-state index in [4.69, 9.17) is 5.73 Å². The average Bonchev–Trinajstić information content (AvgIpc) is 2.47. The summed E-state index contributed by atoms with van der Waals surface area (Å²) in [5.41, 5.74) is 5.88. The molecule has 1 amide bonds. The second kappa shape index (κ2) is 3.14. The Morgan fingerprint density at radius 1 is 1.43 bits per heavy atom. The number of carbonyl (C=O) groups excluding carboxylic acids is 1. The molecule has 72 valence electrons. The van der Waals surface area contributed by atoms with Gasteiger partial charge in [-0.1, -0.05) is 0 Å². The second-order valence-corrected chi connectivity index (χ2v) is 3.11. The van der Waals surface area contributed by atoms with Gasteiger partial charge in [-0.3, -0.25) is 4.79 Å². The van der Waals surface area contributed by atoms with E-state index in [0.717, 1.165) is 10.9 Å². The first-order valence-corrected chi connectivity index (χ1v) is 4.19. The minimum absolute atomic E-state index is 0.120. The first kappa shape index (κ1) is 8.74. The summed E-state index contributed by atoms with van der Waals surface area (Å²) in [6.07, 6.45) is 1.72. The molecule has 0 saturated carbocycles. The normalized spacial score (nSPS) is 10.6. The van der Waals surface area contributed by atoms with E-state index >= 15 is 0 Å². The van der Waals surface area contributed by atoms with E-state index in [1.807, 2.05) is 0 Å². The highest BCUT2D eigenvalue weighted by Gasteiger charge is 2.03. The smallest absolute Gasteiger partial charge is 0.237 e. The third-order valence-electron chi connectivity index (χ3n) is 2.06. The number of primary amides is 1. The number of hydrogen-bond acceptors (Lipinski definition) is 1. The molecule has 0 aliphatic heterocycles. The number of nitrogens with two attached hydrogens (primary N) is 1. The first-order valence-electron chi connectivity index (χ1n) is 4.19. The average molecular weight is 192 g/mol.